The molecule has 0 amide bonds. The number of hydrogen-bond acceptors (Lipinski definition) is 0. The van der Waals surface area contributed by atoms with E-state index in [-0.39, 0.29) is 9.52 Å². The molecule has 0 aromatic heterocycles. The maximum absolute atomic E-state index is 2.39. The summed E-state index contributed by atoms with van der Waals surface area (Å²) in [5, 5.41) is 6.19. The second-order valence-electron chi connectivity index (χ2n) is 4.15. The average Bonchev–Trinajstić information content (AvgIpc) is 2.17. The molecule has 0 spiro atoms. The molecule has 0 N–H and O–H groups in total. The third-order valence-electron chi connectivity index (χ3n) is 2.57. The summed E-state index contributed by atoms with van der Waals surface area (Å²) in [6.45, 7) is 0. The smallest absolute Gasteiger partial charge is 0.0709 e. The van der Waals surface area contributed by atoms with Crippen LogP contribution < -0.4 is 20.7 Å². The van der Waals surface area contributed by atoms with Gasteiger partial charge in [0.15, 0.2) is 0 Å². The van der Waals surface area contributed by atoms with Crippen molar-refractivity contribution >= 4 is 50.8 Å². The summed E-state index contributed by atoms with van der Waals surface area (Å²) in [6, 6.07) is 18.2. The van der Waals surface area contributed by atoms with Gasteiger partial charge in [0.25, 0.3) is 0 Å². The molecule has 0 aliphatic heterocycles. The van der Waals surface area contributed by atoms with Crippen molar-refractivity contribution in [3.63, 3.8) is 0 Å². The van der Waals surface area contributed by atoms with Crippen molar-refractivity contribution in [3.05, 3.63) is 48.5 Å². The van der Waals surface area contributed by atoms with Gasteiger partial charge in [-0.25, -0.2) is 0 Å². The fraction of sp³-hybridized carbons (Fsp3) is 0. The summed E-state index contributed by atoms with van der Waals surface area (Å²) >= 11 is 0. The van der Waals surface area contributed by atoms with Crippen molar-refractivity contribution in [2.45, 2.75) is 0 Å². The summed E-state index contributed by atoms with van der Waals surface area (Å²) in [6.07, 6.45) is 0. The van der Waals surface area contributed by atoms with E-state index in [1.807, 2.05) is 0 Å². The summed E-state index contributed by atoms with van der Waals surface area (Å²) in [7, 11) is 2.10. The molecule has 0 atom stereocenters. The van der Waals surface area contributed by atoms with E-state index in [1.165, 1.54) is 30.9 Å². The fourth-order valence-electron chi connectivity index (χ4n) is 1.88. The normalized spacial score (nSPS) is 11.5. The molecule has 2 aromatic carbocycles. The van der Waals surface area contributed by atoms with Crippen LogP contribution in [0.1, 0.15) is 0 Å². The first kappa shape index (κ1) is 10.6. The third-order valence-corrected chi connectivity index (χ3v) is 5.51. The molecule has 0 aliphatic carbocycles. The van der Waals surface area contributed by atoms with Crippen LogP contribution in [0.4, 0.5) is 0 Å². The van der Waals surface area contributed by atoms with Crippen LogP contribution in [0.25, 0.3) is 0 Å². The lowest BCUT2D eigenvalue weighted by Crippen LogP contribution is -2.30. The van der Waals surface area contributed by atoms with Crippen molar-refractivity contribution < 1.29 is 0 Å². The Morgan fingerprint density at radius 2 is 1.20 bits per heavy atom. The third kappa shape index (κ3) is 3.02. The molecule has 0 unspecified atom stereocenters. The Morgan fingerprint density at radius 1 is 0.733 bits per heavy atom. The van der Waals surface area contributed by atoms with Crippen LogP contribution in [0.15, 0.2) is 48.5 Å². The summed E-state index contributed by atoms with van der Waals surface area (Å²) in [4.78, 5) is 0. The Hall–Kier alpha value is -0.909. The van der Waals surface area contributed by atoms with Crippen LogP contribution in [-0.4, -0.2) is 30.0 Å². The second kappa shape index (κ2) is 4.74. The Balaban J connectivity index is 2.22. The summed E-state index contributed by atoms with van der Waals surface area (Å²) < 4.78 is 0. The van der Waals surface area contributed by atoms with Crippen molar-refractivity contribution in [3.8, 4) is 0 Å². The van der Waals surface area contributed by atoms with Gasteiger partial charge in [0.05, 0.1) is 9.52 Å². The van der Waals surface area contributed by atoms with Crippen molar-refractivity contribution in [2.75, 3.05) is 0 Å². The van der Waals surface area contributed by atoms with E-state index in [4.69, 9.17) is 0 Å². The van der Waals surface area contributed by atoms with E-state index < -0.39 is 0 Å². The molecule has 2 aromatic rings. The van der Waals surface area contributed by atoms with Gasteiger partial charge in [0.2, 0.25) is 0 Å². The van der Waals surface area contributed by atoms with Gasteiger partial charge in [-0.1, -0.05) is 69.3 Å². The van der Waals surface area contributed by atoms with Crippen molar-refractivity contribution in [1.82, 2.24) is 0 Å². The summed E-state index contributed by atoms with van der Waals surface area (Å²) in [5.74, 6) is 0. The summed E-state index contributed by atoms with van der Waals surface area (Å²) in [5.41, 5.74) is 0. The molecule has 76 valence electrons. The predicted molar refractivity (Wildman–Crippen MR) is 79.8 cm³/mol. The lowest BCUT2D eigenvalue weighted by molar-refractivity contribution is 1.81. The molecule has 0 saturated carbocycles. The maximum atomic E-state index is 2.39. The van der Waals surface area contributed by atoms with Gasteiger partial charge in [-0.05, 0) is 0 Å². The van der Waals surface area contributed by atoms with Crippen LogP contribution >= 0.6 is 0 Å². The van der Waals surface area contributed by atoms with Crippen LogP contribution in [0.3, 0.4) is 0 Å². The molecular formula is C12H16Si3. The number of benzene rings is 2. The Kier molecular flexibility index (Phi) is 3.35. The van der Waals surface area contributed by atoms with Gasteiger partial charge < -0.3 is 0 Å². The van der Waals surface area contributed by atoms with Crippen LogP contribution in [0.5, 0.6) is 0 Å². The largest absolute Gasteiger partial charge is 0.0874 e. The number of hydrogen-bond donors (Lipinski definition) is 0. The monoisotopic (exact) mass is 244 g/mol. The molecule has 3 heteroatoms. The van der Waals surface area contributed by atoms with Gasteiger partial charge in [0.1, 0.15) is 0 Å². The van der Waals surface area contributed by atoms with Gasteiger partial charge in [-0.2, -0.15) is 0 Å². The number of rotatable bonds is 2. The van der Waals surface area contributed by atoms with E-state index in [0.717, 1.165) is 0 Å². The van der Waals surface area contributed by atoms with E-state index in [9.17, 15) is 0 Å². The highest BCUT2D eigenvalue weighted by atomic mass is 28.2. The zero-order valence-electron chi connectivity index (χ0n) is 9.33. The molecule has 0 bridgehead atoms. The minimum atomic E-state index is -0.232. The van der Waals surface area contributed by atoms with Crippen molar-refractivity contribution in [2.24, 2.45) is 0 Å². The van der Waals surface area contributed by atoms with Gasteiger partial charge in [-0.15, -0.1) is 0 Å². The standard InChI is InChI=1S/C12H16Si3/c13-9-3-1-5-11(7-9)15-12-6-2-4-10(14)8-12/h1-8H,15H2,13-14H3. The molecule has 0 heterocycles. The fourth-order valence-corrected chi connectivity index (χ4v) is 5.65. The highest BCUT2D eigenvalue weighted by molar-refractivity contribution is 6.68. The van der Waals surface area contributed by atoms with E-state index in [2.05, 4.69) is 48.5 Å². The van der Waals surface area contributed by atoms with E-state index >= 15 is 0 Å². The zero-order valence-corrected chi connectivity index (χ0v) is 14.7. The molecule has 15 heavy (non-hydrogen) atoms. The highest BCUT2D eigenvalue weighted by Crippen LogP contribution is 1.81. The first-order chi connectivity index (χ1) is 7.24. The maximum Gasteiger partial charge on any atom is 0.0874 e. The van der Waals surface area contributed by atoms with Gasteiger partial charge in [-0.3, -0.25) is 0 Å². The van der Waals surface area contributed by atoms with Gasteiger partial charge >= 0.3 is 0 Å². The highest BCUT2D eigenvalue weighted by Gasteiger charge is 1.97. The zero-order chi connectivity index (χ0) is 10.7. The molecule has 0 radical (unpaired) electrons. The lowest BCUT2D eigenvalue weighted by atomic mass is 10.3. The minimum Gasteiger partial charge on any atom is -0.0709 e. The van der Waals surface area contributed by atoms with Crippen LogP contribution in [0.2, 0.25) is 0 Å². The Labute approximate surface area is 99.4 Å². The molecule has 0 saturated heterocycles. The molecule has 0 fully saturated rings. The SMILES string of the molecule is [SiH3]c1cccc([SiH2]c2cccc([SiH3])c2)c1. The molecular weight excluding hydrogens is 228 g/mol. The molecule has 0 nitrogen and oxygen atoms in total. The van der Waals surface area contributed by atoms with Crippen molar-refractivity contribution in [1.29, 1.82) is 0 Å². The first-order valence-corrected chi connectivity index (χ1v) is 8.76. The predicted octanol–water partition coefficient (Wildman–Crippen LogP) is -3.21. The topological polar surface area (TPSA) is 0 Å². The minimum absolute atomic E-state index is 0.232. The quantitative estimate of drug-likeness (QED) is 0.488. The average molecular weight is 245 g/mol. The van der Waals surface area contributed by atoms with Crippen LogP contribution in [-0.2, 0) is 0 Å². The van der Waals surface area contributed by atoms with Gasteiger partial charge in [0, 0.05) is 20.5 Å². The lowest BCUT2D eigenvalue weighted by Gasteiger charge is -2.03. The molecule has 0 aliphatic rings. The Morgan fingerprint density at radius 3 is 1.60 bits per heavy atom. The van der Waals surface area contributed by atoms with Crippen LogP contribution in [0, 0.1) is 0 Å². The van der Waals surface area contributed by atoms with E-state index in [0.29, 0.717) is 0 Å². The second-order valence-corrected chi connectivity index (χ2v) is 8.45. The first-order valence-electron chi connectivity index (χ1n) is 5.35. The van der Waals surface area contributed by atoms with E-state index in [1.54, 1.807) is 10.4 Å². The molecule has 2 rings (SSSR count). The Bertz CT molecular complexity index is 422.